The quantitative estimate of drug-likeness (QED) is 0.905. The highest BCUT2D eigenvalue weighted by atomic mass is 16.5. The van der Waals surface area contributed by atoms with Crippen LogP contribution < -0.4 is 15.0 Å². The zero-order valence-electron chi connectivity index (χ0n) is 14.5. The van der Waals surface area contributed by atoms with Crippen molar-refractivity contribution in [3.8, 4) is 5.75 Å². The average Bonchev–Trinajstić information content (AvgIpc) is 3.00. The molecule has 0 saturated carbocycles. The molecule has 0 radical (unpaired) electrons. The van der Waals surface area contributed by atoms with Crippen LogP contribution in [0.3, 0.4) is 0 Å². The Morgan fingerprint density at radius 2 is 2.04 bits per heavy atom. The van der Waals surface area contributed by atoms with Crippen LogP contribution in [0, 0.1) is 6.92 Å². The van der Waals surface area contributed by atoms with Gasteiger partial charge in [0, 0.05) is 32.0 Å². The van der Waals surface area contributed by atoms with E-state index in [0.29, 0.717) is 18.0 Å². The molecule has 2 heterocycles. The first kappa shape index (κ1) is 17.0. The molecule has 1 N–H and O–H groups in total. The third-order valence-corrected chi connectivity index (χ3v) is 4.16. The van der Waals surface area contributed by atoms with E-state index in [1.165, 1.54) is 0 Å². The lowest BCUT2D eigenvalue weighted by Gasteiger charge is -2.27. The lowest BCUT2D eigenvalue weighted by molar-refractivity contribution is -0.122. The highest BCUT2D eigenvalue weighted by molar-refractivity contribution is 5.98. The van der Waals surface area contributed by atoms with Gasteiger partial charge in [-0.05, 0) is 25.5 Å². The number of benzene rings is 1. The largest absolute Gasteiger partial charge is 0.495 e. The summed E-state index contributed by atoms with van der Waals surface area (Å²) in [6.07, 6.45) is 1.15. The summed E-state index contributed by atoms with van der Waals surface area (Å²) in [6, 6.07) is 9.11. The van der Waals surface area contributed by atoms with Crippen LogP contribution in [0.15, 0.2) is 30.3 Å². The summed E-state index contributed by atoms with van der Waals surface area (Å²) in [7, 11) is 1.55. The van der Waals surface area contributed by atoms with E-state index < -0.39 is 0 Å². The van der Waals surface area contributed by atoms with Crippen LogP contribution in [0.25, 0.3) is 0 Å². The number of para-hydroxylation sites is 2. The van der Waals surface area contributed by atoms with E-state index in [2.05, 4.69) is 10.4 Å². The molecule has 0 bridgehead atoms. The van der Waals surface area contributed by atoms with E-state index in [0.717, 1.165) is 24.5 Å². The highest BCUT2D eigenvalue weighted by Gasteiger charge is 2.24. The highest BCUT2D eigenvalue weighted by Crippen LogP contribution is 2.24. The molecule has 0 unspecified atom stereocenters. The van der Waals surface area contributed by atoms with Crippen molar-refractivity contribution in [1.82, 2.24) is 9.78 Å². The van der Waals surface area contributed by atoms with Crippen molar-refractivity contribution in [3.05, 3.63) is 36.0 Å². The van der Waals surface area contributed by atoms with E-state index in [1.54, 1.807) is 24.1 Å². The summed E-state index contributed by atoms with van der Waals surface area (Å²) >= 11 is 0. The minimum absolute atomic E-state index is 0.0592. The lowest BCUT2D eigenvalue weighted by Crippen LogP contribution is -2.37. The van der Waals surface area contributed by atoms with Crippen LogP contribution in [0.5, 0.6) is 5.75 Å². The number of anilines is 2. The number of hydrogen-bond acceptors (Lipinski definition) is 4. The maximum atomic E-state index is 12.5. The van der Waals surface area contributed by atoms with E-state index in [1.807, 2.05) is 29.8 Å². The van der Waals surface area contributed by atoms with Gasteiger partial charge in [0.1, 0.15) is 11.6 Å². The predicted octanol–water partition coefficient (Wildman–Crippen LogP) is 2.36. The Morgan fingerprint density at radius 3 is 2.84 bits per heavy atom. The number of fused-ring (bicyclic) bond motifs is 1. The monoisotopic (exact) mass is 342 g/mol. The number of carbonyl (C=O) groups excluding carboxylic acids is 2. The van der Waals surface area contributed by atoms with Gasteiger partial charge in [0.05, 0.1) is 18.5 Å². The standard InChI is InChI=1S/C18H22N4O3/c1-13-12-17-21(10-5-11-22(17)20-13)18(24)9-8-16(23)19-14-6-3-4-7-15(14)25-2/h3-4,6-7,12H,5,8-11H2,1-2H3,(H,19,23). The first-order valence-corrected chi connectivity index (χ1v) is 8.36. The van der Waals surface area contributed by atoms with E-state index in [4.69, 9.17) is 4.74 Å². The van der Waals surface area contributed by atoms with Gasteiger partial charge in [0.2, 0.25) is 11.8 Å². The molecule has 1 aromatic carbocycles. The molecule has 0 spiro atoms. The Hall–Kier alpha value is -2.83. The summed E-state index contributed by atoms with van der Waals surface area (Å²) < 4.78 is 7.06. The van der Waals surface area contributed by atoms with Crippen molar-refractivity contribution in [1.29, 1.82) is 0 Å². The number of aromatic nitrogens is 2. The van der Waals surface area contributed by atoms with Gasteiger partial charge >= 0.3 is 0 Å². The Bertz CT molecular complexity index is 784. The maximum Gasteiger partial charge on any atom is 0.228 e. The fraction of sp³-hybridized carbons (Fsp3) is 0.389. The number of methoxy groups -OCH3 is 1. The van der Waals surface area contributed by atoms with Crippen LogP contribution in [-0.4, -0.2) is 35.2 Å². The van der Waals surface area contributed by atoms with Crippen LogP contribution in [0.1, 0.15) is 25.0 Å². The zero-order chi connectivity index (χ0) is 17.8. The number of hydrogen-bond donors (Lipinski definition) is 1. The van der Waals surface area contributed by atoms with Crippen molar-refractivity contribution < 1.29 is 14.3 Å². The van der Waals surface area contributed by atoms with Crippen LogP contribution in [-0.2, 0) is 16.1 Å². The Labute approximate surface area is 146 Å². The molecule has 0 fully saturated rings. The minimum atomic E-state index is -0.209. The third kappa shape index (κ3) is 3.81. The Balaban J connectivity index is 1.58. The van der Waals surface area contributed by atoms with Crippen LogP contribution in [0.4, 0.5) is 11.5 Å². The molecule has 7 nitrogen and oxygen atoms in total. The maximum absolute atomic E-state index is 12.5. The molecule has 7 heteroatoms. The van der Waals surface area contributed by atoms with Crippen molar-refractivity contribution in [2.45, 2.75) is 32.7 Å². The topological polar surface area (TPSA) is 76.5 Å². The third-order valence-electron chi connectivity index (χ3n) is 4.16. The van der Waals surface area contributed by atoms with E-state index in [-0.39, 0.29) is 24.7 Å². The van der Waals surface area contributed by atoms with Gasteiger partial charge in [-0.15, -0.1) is 0 Å². The first-order chi connectivity index (χ1) is 12.1. The van der Waals surface area contributed by atoms with Crippen molar-refractivity contribution in [2.24, 2.45) is 0 Å². The second-order valence-electron chi connectivity index (χ2n) is 6.01. The molecule has 1 aromatic heterocycles. The first-order valence-electron chi connectivity index (χ1n) is 8.36. The molecule has 1 aliphatic rings. The lowest BCUT2D eigenvalue weighted by atomic mass is 10.2. The summed E-state index contributed by atoms with van der Waals surface area (Å²) in [4.78, 5) is 26.4. The average molecular weight is 342 g/mol. The van der Waals surface area contributed by atoms with Gasteiger partial charge in [-0.1, -0.05) is 12.1 Å². The van der Waals surface area contributed by atoms with Crippen LogP contribution in [0.2, 0.25) is 0 Å². The van der Waals surface area contributed by atoms with Crippen molar-refractivity contribution in [3.63, 3.8) is 0 Å². The summed E-state index contributed by atoms with van der Waals surface area (Å²) in [6.45, 7) is 3.40. The fourth-order valence-electron chi connectivity index (χ4n) is 2.98. The zero-order valence-corrected chi connectivity index (χ0v) is 14.5. The van der Waals surface area contributed by atoms with Gasteiger partial charge in [0.15, 0.2) is 0 Å². The molecule has 0 aliphatic carbocycles. The van der Waals surface area contributed by atoms with Gasteiger partial charge in [-0.3, -0.25) is 14.5 Å². The number of amides is 2. The number of ether oxygens (including phenoxy) is 1. The smallest absolute Gasteiger partial charge is 0.228 e. The Morgan fingerprint density at radius 1 is 1.24 bits per heavy atom. The predicted molar refractivity (Wildman–Crippen MR) is 94.8 cm³/mol. The number of rotatable bonds is 5. The molecule has 2 aromatic rings. The van der Waals surface area contributed by atoms with Gasteiger partial charge in [0.25, 0.3) is 0 Å². The number of aryl methyl sites for hydroxylation is 2. The van der Waals surface area contributed by atoms with Gasteiger partial charge < -0.3 is 10.1 Å². The fourth-order valence-corrected chi connectivity index (χ4v) is 2.98. The second kappa shape index (κ2) is 7.38. The molecular formula is C18H22N4O3. The SMILES string of the molecule is COc1ccccc1NC(=O)CCC(=O)N1CCCn2nc(C)cc21. The van der Waals surface area contributed by atoms with Crippen LogP contribution >= 0.6 is 0 Å². The van der Waals surface area contributed by atoms with E-state index in [9.17, 15) is 9.59 Å². The summed E-state index contributed by atoms with van der Waals surface area (Å²) in [5.74, 6) is 1.15. The van der Waals surface area contributed by atoms with E-state index >= 15 is 0 Å². The molecule has 25 heavy (non-hydrogen) atoms. The van der Waals surface area contributed by atoms with Crippen molar-refractivity contribution >= 4 is 23.3 Å². The summed E-state index contributed by atoms with van der Waals surface area (Å²) in [5.41, 5.74) is 1.50. The minimum Gasteiger partial charge on any atom is -0.495 e. The van der Waals surface area contributed by atoms with Gasteiger partial charge in [-0.2, -0.15) is 5.10 Å². The number of nitrogens with one attached hydrogen (secondary N) is 1. The Kier molecular flexibility index (Phi) is 5.02. The normalized spacial score (nSPS) is 13.3. The number of carbonyl (C=O) groups is 2. The molecule has 0 saturated heterocycles. The number of nitrogens with zero attached hydrogens (tertiary/aromatic N) is 3. The molecule has 0 atom stereocenters. The summed E-state index contributed by atoms with van der Waals surface area (Å²) in [5, 5.41) is 7.17. The molecule has 3 rings (SSSR count). The van der Waals surface area contributed by atoms with Gasteiger partial charge in [-0.25, -0.2) is 4.68 Å². The molecule has 1 aliphatic heterocycles. The molecule has 2 amide bonds. The molecular weight excluding hydrogens is 320 g/mol. The molecule has 132 valence electrons. The second-order valence-corrected chi connectivity index (χ2v) is 6.01. The van der Waals surface area contributed by atoms with Crippen molar-refractivity contribution in [2.75, 3.05) is 23.9 Å².